The summed E-state index contributed by atoms with van der Waals surface area (Å²) >= 11 is 3.78. The van der Waals surface area contributed by atoms with Crippen LogP contribution in [0.1, 0.15) is 30.7 Å². The van der Waals surface area contributed by atoms with Gasteiger partial charge >= 0.3 is 0 Å². The average Bonchev–Trinajstić information content (AvgIpc) is 3.02. The van der Waals surface area contributed by atoms with Gasteiger partial charge in [0.2, 0.25) is 0 Å². The molecule has 2 fully saturated rings. The normalized spacial score (nSPS) is 33.0. The highest BCUT2D eigenvalue weighted by Gasteiger charge is 2.50. The molecule has 1 aromatic heterocycles. The minimum absolute atomic E-state index is 0.496. The lowest BCUT2D eigenvalue weighted by atomic mass is 10.1. The Morgan fingerprint density at radius 3 is 3.06 bits per heavy atom. The van der Waals surface area contributed by atoms with E-state index in [1.54, 1.807) is 0 Å². The highest BCUT2D eigenvalue weighted by molar-refractivity contribution is 9.11. The number of aromatic nitrogens is 1. The summed E-state index contributed by atoms with van der Waals surface area (Å²) in [6, 6.07) is 6.92. The van der Waals surface area contributed by atoms with Crippen molar-refractivity contribution in [3.63, 3.8) is 0 Å². The smallest absolute Gasteiger partial charge is 0.108 e. The van der Waals surface area contributed by atoms with Crippen molar-refractivity contribution < 1.29 is 0 Å². The van der Waals surface area contributed by atoms with Gasteiger partial charge in [0.15, 0.2) is 0 Å². The molecule has 2 aliphatic heterocycles. The summed E-state index contributed by atoms with van der Waals surface area (Å²) in [5.41, 5.74) is 3.29. The largest absolute Gasteiger partial charge is 0.361 e. The van der Waals surface area contributed by atoms with Gasteiger partial charge in [-0.05, 0) is 60.2 Å². The van der Waals surface area contributed by atoms with E-state index in [0.717, 1.165) is 23.3 Å². The van der Waals surface area contributed by atoms with E-state index in [-0.39, 0.29) is 0 Å². The van der Waals surface area contributed by atoms with E-state index in [1.807, 2.05) is 13.0 Å². The van der Waals surface area contributed by atoms with Crippen molar-refractivity contribution in [1.29, 1.82) is 0 Å². The molecule has 0 aromatic carbocycles. The fraction of sp³-hybridized carbons (Fsp3) is 0.500. The molecular formula is C14H16BrN3. The fourth-order valence-electron chi connectivity index (χ4n) is 3.65. The Balaban J connectivity index is 1.74. The van der Waals surface area contributed by atoms with Gasteiger partial charge < -0.3 is 10.2 Å². The Hall–Kier alpha value is -1.03. The quantitative estimate of drug-likeness (QED) is 0.809. The van der Waals surface area contributed by atoms with E-state index in [9.17, 15) is 0 Å². The van der Waals surface area contributed by atoms with Crippen molar-refractivity contribution >= 4 is 21.6 Å². The first kappa shape index (κ1) is 10.9. The second-order valence-electron chi connectivity index (χ2n) is 5.55. The van der Waals surface area contributed by atoms with Crippen LogP contribution in [-0.2, 0) is 0 Å². The number of hydrogen-bond donors (Lipinski definition) is 1. The maximum atomic E-state index is 4.63. The van der Waals surface area contributed by atoms with Crippen molar-refractivity contribution in [1.82, 2.24) is 15.2 Å². The molecular weight excluding hydrogens is 290 g/mol. The zero-order valence-corrected chi connectivity index (χ0v) is 11.9. The van der Waals surface area contributed by atoms with Crippen LogP contribution < -0.4 is 5.32 Å². The van der Waals surface area contributed by atoms with Gasteiger partial charge in [0.25, 0.3) is 0 Å². The topological polar surface area (TPSA) is 28.2 Å². The Bertz CT molecular complexity index is 540. The second-order valence-corrected chi connectivity index (χ2v) is 6.30. The minimum Gasteiger partial charge on any atom is -0.361 e. The zero-order chi connectivity index (χ0) is 12.3. The number of hydrogen-bond acceptors (Lipinski definition) is 3. The summed E-state index contributed by atoms with van der Waals surface area (Å²) in [6.45, 7) is 2.04. The van der Waals surface area contributed by atoms with Crippen molar-refractivity contribution in [2.75, 3.05) is 0 Å². The van der Waals surface area contributed by atoms with Gasteiger partial charge in [-0.1, -0.05) is 6.07 Å². The molecule has 0 spiro atoms. The monoisotopic (exact) mass is 305 g/mol. The molecule has 3 atom stereocenters. The molecule has 0 radical (unpaired) electrons. The number of fused-ring (bicyclic) bond motifs is 5. The predicted octanol–water partition coefficient (Wildman–Crippen LogP) is 2.82. The highest BCUT2D eigenvalue weighted by atomic mass is 79.9. The van der Waals surface area contributed by atoms with Crippen LogP contribution in [0.25, 0.3) is 5.70 Å². The van der Waals surface area contributed by atoms with E-state index < -0.39 is 0 Å². The van der Waals surface area contributed by atoms with Crippen LogP contribution >= 0.6 is 15.9 Å². The van der Waals surface area contributed by atoms with Crippen molar-refractivity contribution in [2.24, 2.45) is 5.92 Å². The van der Waals surface area contributed by atoms with Crippen LogP contribution in [-0.4, -0.2) is 22.1 Å². The van der Waals surface area contributed by atoms with Crippen LogP contribution in [0.4, 0.5) is 0 Å². The van der Waals surface area contributed by atoms with Crippen molar-refractivity contribution in [3.8, 4) is 0 Å². The Morgan fingerprint density at radius 1 is 1.39 bits per heavy atom. The first-order valence-electron chi connectivity index (χ1n) is 6.63. The summed E-state index contributed by atoms with van der Waals surface area (Å²) in [5.74, 6) is 0.810. The molecule has 1 aliphatic carbocycles. The van der Waals surface area contributed by atoms with E-state index in [0.29, 0.717) is 6.17 Å². The van der Waals surface area contributed by atoms with Gasteiger partial charge in [0.05, 0.1) is 11.4 Å². The van der Waals surface area contributed by atoms with Gasteiger partial charge in [0.1, 0.15) is 10.8 Å². The lowest BCUT2D eigenvalue weighted by molar-refractivity contribution is 0.203. The number of piperidine rings is 1. The molecule has 3 nitrogen and oxygen atoms in total. The summed E-state index contributed by atoms with van der Waals surface area (Å²) in [4.78, 5) is 7.15. The predicted molar refractivity (Wildman–Crippen MR) is 74.7 cm³/mol. The molecule has 0 amide bonds. The summed E-state index contributed by atoms with van der Waals surface area (Å²) in [6.07, 6.45) is 4.55. The van der Waals surface area contributed by atoms with Gasteiger partial charge in [0, 0.05) is 11.7 Å². The minimum atomic E-state index is 0.496. The van der Waals surface area contributed by atoms with Crippen LogP contribution in [0, 0.1) is 12.8 Å². The molecule has 3 heterocycles. The molecule has 2 bridgehead atoms. The average molecular weight is 306 g/mol. The molecule has 1 saturated carbocycles. The number of nitrogens with one attached hydrogen (secondary N) is 1. The third-order valence-electron chi connectivity index (χ3n) is 4.45. The van der Waals surface area contributed by atoms with Gasteiger partial charge in [-0.15, -0.1) is 0 Å². The zero-order valence-electron chi connectivity index (χ0n) is 10.4. The molecule has 2 unspecified atom stereocenters. The molecule has 18 heavy (non-hydrogen) atoms. The standard InChI is InChI=1S/C14H16BrN3/c1-8-3-2-4-11(16-8)12-13(15)18-10-6-5-9(7-10)14(18)17-12/h2-4,9-10,14,17H,5-7H2,1H3/t9?,10-,14?/m1/s1. The maximum absolute atomic E-state index is 4.63. The summed E-state index contributed by atoms with van der Waals surface area (Å²) in [7, 11) is 0. The first-order valence-corrected chi connectivity index (χ1v) is 7.42. The number of rotatable bonds is 1. The highest BCUT2D eigenvalue weighted by Crippen LogP contribution is 2.49. The van der Waals surface area contributed by atoms with E-state index in [4.69, 9.17) is 0 Å². The number of halogens is 1. The third-order valence-corrected chi connectivity index (χ3v) is 5.26. The van der Waals surface area contributed by atoms with Gasteiger partial charge in [-0.25, -0.2) is 0 Å². The lowest BCUT2D eigenvalue weighted by Crippen LogP contribution is -2.41. The van der Waals surface area contributed by atoms with Crippen LogP contribution in [0.2, 0.25) is 0 Å². The first-order chi connectivity index (χ1) is 8.74. The van der Waals surface area contributed by atoms with Gasteiger partial charge in [-0.2, -0.15) is 0 Å². The van der Waals surface area contributed by atoms with Gasteiger partial charge in [-0.3, -0.25) is 4.98 Å². The van der Waals surface area contributed by atoms with E-state index in [2.05, 4.69) is 43.3 Å². The summed E-state index contributed by atoms with van der Waals surface area (Å²) < 4.78 is 1.21. The number of nitrogens with zero attached hydrogens (tertiary/aromatic N) is 2. The summed E-state index contributed by atoms with van der Waals surface area (Å²) in [5, 5.41) is 3.67. The molecule has 1 aromatic rings. The number of aryl methyl sites for hydroxylation is 1. The Morgan fingerprint density at radius 2 is 2.28 bits per heavy atom. The lowest BCUT2D eigenvalue weighted by Gasteiger charge is -2.31. The van der Waals surface area contributed by atoms with Crippen molar-refractivity contribution in [2.45, 2.75) is 38.4 Å². The number of pyridine rings is 1. The Kier molecular flexibility index (Phi) is 2.25. The molecule has 3 aliphatic rings. The SMILES string of the molecule is Cc1cccc(C2=C(Br)N3C(N2)C2CC[C@@H]3C2)n1. The second kappa shape index (κ2) is 3.73. The van der Waals surface area contributed by atoms with Crippen molar-refractivity contribution in [3.05, 3.63) is 34.2 Å². The van der Waals surface area contributed by atoms with Crippen LogP contribution in [0.15, 0.2) is 22.8 Å². The maximum Gasteiger partial charge on any atom is 0.108 e. The fourth-order valence-corrected chi connectivity index (χ4v) is 4.48. The van der Waals surface area contributed by atoms with E-state index in [1.165, 1.54) is 29.6 Å². The van der Waals surface area contributed by atoms with E-state index >= 15 is 0 Å². The third kappa shape index (κ3) is 1.38. The molecule has 1 N–H and O–H groups in total. The molecule has 4 rings (SSSR count). The molecule has 1 saturated heterocycles. The Labute approximate surface area is 115 Å². The molecule has 4 heteroatoms. The van der Waals surface area contributed by atoms with Crippen LogP contribution in [0.5, 0.6) is 0 Å². The van der Waals surface area contributed by atoms with Crippen LogP contribution in [0.3, 0.4) is 0 Å². The molecule has 94 valence electrons.